The molecule has 7 nitrogen and oxygen atoms in total. The zero-order chi connectivity index (χ0) is 21.3. The van der Waals surface area contributed by atoms with Gasteiger partial charge in [0.15, 0.2) is 5.96 Å². The molecule has 0 aliphatic rings. The Morgan fingerprint density at radius 1 is 1.03 bits per heavy atom. The number of hydrogen-bond acceptors (Lipinski definition) is 4. The first-order valence-corrected chi connectivity index (χ1v) is 11.3. The molecule has 8 heteroatoms. The second-order valence-corrected chi connectivity index (χ2v) is 8.20. The van der Waals surface area contributed by atoms with Gasteiger partial charge in [-0.25, -0.2) is 13.6 Å². The van der Waals surface area contributed by atoms with Crippen LogP contribution < -0.4 is 15.8 Å². The monoisotopic (exact) mass is 417 g/mol. The molecule has 29 heavy (non-hydrogen) atoms. The van der Waals surface area contributed by atoms with Crippen molar-refractivity contribution < 1.29 is 8.42 Å². The molecule has 4 N–H and O–H groups in total. The van der Waals surface area contributed by atoms with Crippen molar-refractivity contribution in [3.8, 4) is 0 Å². The zero-order valence-corrected chi connectivity index (χ0v) is 18.1. The van der Waals surface area contributed by atoms with Crippen LogP contribution in [0, 0.1) is 0 Å². The first kappa shape index (κ1) is 22.9. The molecule has 0 bridgehead atoms. The number of likely N-dealkylation sites (N-methyl/N-ethyl adjacent to an activating group) is 1. The third-order valence-corrected chi connectivity index (χ3v) is 5.77. The quantitative estimate of drug-likeness (QED) is 0.428. The minimum Gasteiger partial charge on any atom is -0.354 e. The van der Waals surface area contributed by atoms with Gasteiger partial charge < -0.3 is 10.6 Å². The second kappa shape index (κ2) is 10.9. The highest BCUT2D eigenvalue weighted by molar-refractivity contribution is 7.89. The summed E-state index contributed by atoms with van der Waals surface area (Å²) in [6, 6.07) is 17.2. The van der Waals surface area contributed by atoms with Crippen molar-refractivity contribution in [1.82, 2.24) is 15.5 Å². The smallest absolute Gasteiger partial charge is 0.238 e. The van der Waals surface area contributed by atoms with Crippen molar-refractivity contribution in [2.45, 2.75) is 31.3 Å². The average Bonchev–Trinajstić information content (AvgIpc) is 2.73. The van der Waals surface area contributed by atoms with E-state index in [0.29, 0.717) is 12.5 Å². The number of aliphatic imine (C=N–C) groups is 1. The molecule has 0 aliphatic heterocycles. The molecule has 0 saturated carbocycles. The lowest BCUT2D eigenvalue weighted by atomic mass is 10.1. The highest BCUT2D eigenvalue weighted by Gasteiger charge is 2.18. The van der Waals surface area contributed by atoms with Gasteiger partial charge in [-0.05, 0) is 36.3 Å². The molecule has 1 atom stereocenters. The van der Waals surface area contributed by atoms with E-state index in [-0.39, 0.29) is 10.9 Å². The number of rotatable bonds is 9. The van der Waals surface area contributed by atoms with Gasteiger partial charge in [0.05, 0.1) is 10.9 Å². The zero-order valence-electron chi connectivity index (χ0n) is 17.3. The van der Waals surface area contributed by atoms with Crippen molar-refractivity contribution >= 4 is 16.0 Å². The van der Waals surface area contributed by atoms with E-state index in [0.717, 1.165) is 25.2 Å². The fourth-order valence-electron chi connectivity index (χ4n) is 3.19. The Bertz CT molecular complexity index is 879. The lowest BCUT2D eigenvalue weighted by Gasteiger charge is -2.30. The first-order valence-electron chi connectivity index (χ1n) is 9.74. The molecule has 1 unspecified atom stereocenters. The Labute approximate surface area is 174 Å². The number of sulfonamides is 1. The minimum absolute atomic E-state index is 0.105. The molecule has 2 rings (SSSR count). The Morgan fingerprint density at radius 2 is 1.66 bits per heavy atom. The van der Waals surface area contributed by atoms with Crippen molar-refractivity contribution in [2.75, 3.05) is 26.7 Å². The third-order valence-electron chi connectivity index (χ3n) is 4.84. The van der Waals surface area contributed by atoms with Crippen LogP contribution in [-0.2, 0) is 16.6 Å². The maximum Gasteiger partial charge on any atom is 0.238 e. The van der Waals surface area contributed by atoms with Crippen LogP contribution in [0.3, 0.4) is 0 Å². The molecular weight excluding hydrogens is 386 g/mol. The molecule has 2 aromatic rings. The summed E-state index contributed by atoms with van der Waals surface area (Å²) in [5.74, 6) is 0.689. The van der Waals surface area contributed by atoms with Gasteiger partial charge in [0.1, 0.15) is 0 Å². The molecule has 0 amide bonds. The van der Waals surface area contributed by atoms with E-state index in [4.69, 9.17) is 5.14 Å². The summed E-state index contributed by atoms with van der Waals surface area (Å²) < 4.78 is 22.7. The van der Waals surface area contributed by atoms with E-state index in [1.807, 2.05) is 6.07 Å². The Balaban J connectivity index is 1.99. The molecule has 0 radical (unpaired) electrons. The molecule has 2 aromatic carbocycles. The van der Waals surface area contributed by atoms with E-state index >= 15 is 0 Å². The van der Waals surface area contributed by atoms with Gasteiger partial charge in [-0.1, -0.05) is 56.3 Å². The summed E-state index contributed by atoms with van der Waals surface area (Å²) >= 11 is 0. The molecule has 0 aliphatic carbocycles. The Morgan fingerprint density at radius 3 is 2.17 bits per heavy atom. The first-order chi connectivity index (χ1) is 13.9. The maximum atomic E-state index is 11.4. The van der Waals surface area contributed by atoms with Crippen LogP contribution in [0.2, 0.25) is 0 Å². The average molecular weight is 418 g/mol. The van der Waals surface area contributed by atoms with Crippen molar-refractivity contribution in [3.05, 3.63) is 65.7 Å². The summed E-state index contributed by atoms with van der Waals surface area (Å²) in [6.45, 7) is 7.48. The summed E-state index contributed by atoms with van der Waals surface area (Å²) in [7, 11) is -1.94. The van der Waals surface area contributed by atoms with Gasteiger partial charge in [0.2, 0.25) is 10.0 Å². The summed E-state index contributed by atoms with van der Waals surface area (Å²) in [5.41, 5.74) is 2.20. The molecule has 0 spiro atoms. The highest BCUT2D eigenvalue weighted by atomic mass is 32.2. The topological polar surface area (TPSA) is 99.8 Å². The Hall–Kier alpha value is -2.42. The second-order valence-electron chi connectivity index (χ2n) is 6.64. The summed E-state index contributed by atoms with van der Waals surface area (Å²) in [5, 5.41) is 11.8. The van der Waals surface area contributed by atoms with Crippen molar-refractivity contribution in [1.29, 1.82) is 0 Å². The van der Waals surface area contributed by atoms with Crippen molar-refractivity contribution in [2.24, 2.45) is 10.1 Å². The fourth-order valence-corrected chi connectivity index (χ4v) is 3.71. The van der Waals surface area contributed by atoms with Crippen LogP contribution in [0.4, 0.5) is 0 Å². The standard InChI is InChI=1S/C21H31N5O2S/c1-4-26(5-2)20(18-9-7-6-8-10-18)16-25-21(23-3)24-15-17-11-13-19(14-12-17)29(22,27)28/h6-14,20H,4-5,15-16H2,1-3H3,(H2,22,27,28)(H2,23,24,25). The largest absolute Gasteiger partial charge is 0.354 e. The van der Waals surface area contributed by atoms with Crippen LogP contribution in [0.15, 0.2) is 64.5 Å². The molecule has 0 fully saturated rings. The van der Waals surface area contributed by atoms with Gasteiger partial charge in [0, 0.05) is 20.1 Å². The summed E-state index contributed by atoms with van der Waals surface area (Å²) in [4.78, 5) is 6.81. The van der Waals surface area contributed by atoms with Crippen LogP contribution in [0.25, 0.3) is 0 Å². The van der Waals surface area contributed by atoms with Crippen LogP contribution >= 0.6 is 0 Å². The normalized spacial score (nSPS) is 13.3. The van der Waals surface area contributed by atoms with E-state index in [2.05, 4.69) is 58.6 Å². The van der Waals surface area contributed by atoms with E-state index in [9.17, 15) is 8.42 Å². The molecule has 0 heterocycles. The van der Waals surface area contributed by atoms with Crippen LogP contribution in [-0.4, -0.2) is 46.0 Å². The Kier molecular flexibility index (Phi) is 8.63. The van der Waals surface area contributed by atoms with Gasteiger partial charge >= 0.3 is 0 Å². The number of nitrogens with one attached hydrogen (secondary N) is 2. The molecule has 158 valence electrons. The van der Waals surface area contributed by atoms with E-state index in [1.54, 1.807) is 19.2 Å². The number of guanidine groups is 1. The molecule has 0 aromatic heterocycles. The molecule has 0 saturated heterocycles. The SMILES string of the molecule is CCN(CC)C(CNC(=NC)NCc1ccc(S(N)(=O)=O)cc1)c1ccccc1. The van der Waals surface area contributed by atoms with Crippen LogP contribution in [0.1, 0.15) is 31.0 Å². The van der Waals surface area contributed by atoms with E-state index < -0.39 is 10.0 Å². The number of primary sulfonamides is 1. The lowest BCUT2D eigenvalue weighted by Crippen LogP contribution is -2.43. The third kappa shape index (κ3) is 6.85. The van der Waals surface area contributed by atoms with Gasteiger partial charge in [0.25, 0.3) is 0 Å². The van der Waals surface area contributed by atoms with Gasteiger partial charge in [-0.3, -0.25) is 9.89 Å². The van der Waals surface area contributed by atoms with Gasteiger partial charge in [-0.15, -0.1) is 0 Å². The predicted octanol–water partition coefficient (Wildman–Crippen LogP) is 2.08. The fraction of sp³-hybridized carbons (Fsp3) is 0.381. The highest BCUT2D eigenvalue weighted by Crippen LogP contribution is 2.19. The van der Waals surface area contributed by atoms with Crippen LogP contribution in [0.5, 0.6) is 0 Å². The van der Waals surface area contributed by atoms with E-state index in [1.165, 1.54) is 17.7 Å². The van der Waals surface area contributed by atoms with Crippen molar-refractivity contribution in [3.63, 3.8) is 0 Å². The predicted molar refractivity (Wildman–Crippen MR) is 118 cm³/mol. The lowest BCUT2D eigenvalue weighted by molar-refractivity contribution is 0.219. The van der Waals surface area contributed by atoms with Gasteiger partial charge in [-0.2, -0.15) is 0 Å². The minimum atomic E-state index is -3.67. The molecular formula is C21H31N5O2S. The maximum absolute atomic E-state index is 11.4. The number of nitrogens with two attached hydrogens (primary N) is 1. The summed E-state index contributed by atoms with van der Waals surface area (Å²) in [6.07, 6.45) is 0. The number of hydrogen-bond donors (Lipinski definition) is 3. The number of nitrogens with zero attached hydrogens (tertiary/aromatic N) is 2. The number of benzene rings is 2.